The highest BCUT2D eigenvalue weighted by Gasteiger charge is 2.43. The van der Waals surface area contributed by atoms with Gasteiger partial charge in [-0.05, 0) is 42.8 Å². The summed E-state index contributed by atoms with van der Waals surface area (Å²) in [5.74, 6) is -0.144. The van der Waals surface area contributed by atoms with Gasteiger partial charge in [-0.1, -0.05) is 18.2 Å². The lowest BCUT2D eigenvalue weighted by molar-refractivity contribution is -0.384. The maximum Gasteiger partial charge on any atom is 0.310 e. The number of para-hydroxylation sites is 1. The van der Waals surface area contributed by atoms with E-state index in [2.05, 4.69) is 10.3 Å². The molecule has 180 valence electrons. The summed E-state index contributed by atoms with van der Waals surface area (Å²) in [5, 5.41) is 14.1. The predicted molar refractivity (Wildman–Crippen MR) is 128 cm³/mol. The summed E-state index contributed by atoms with van der Waals surface area (Å²) in [6.45, 7) is 0. The summed E-state index contributed by atoms with van der Waals surface area (Å²) in [6.07, 6.45) is 2.85. The number of nitro groups is 1. The number of carbonyl (C=O) groups is 2. The predicted octanol–water partition coefficient (Wildman–Crippen LogP) is 4.13. The van der Waals surface area contributed by atoms with Crippen molar-refractivity contribution >= 4 is 28.9 Å². The average molecular weight is 476 g/mol. The van der Waals surface area contributed by atoms with E-state index in [-0.39, 0.29) is 30.1 Å². The van der Waals surface area contributed by atoms with E-state index in [4.69, 9.17) is 9.47 Å². The van der Waals surface area contributed by atoms with Crippen LogP contribution in [0.3, 0.4) is 0 Å². The van der Waals surface area contributed by atoms with Gasteiger partial charge in [0.1, 0.15) is 23.4 Å². The van der Waals surface area contributed by atoms with Gasteiger partial charge < -0.3 is 19.7 Å². The largest absolute Gasteiger partial charge is 0.497 e. The number of nitrogens with zero attached hydrogens (tertiary/aromatic N) is 3. The smallest absolute Gasteiger partial charge is 0.310 e. The molecule has 2 atom stereocenters. The molecule has 35 heavy (non-hydrogen) atoms. The van der Waals surface area contributed by atoms with Gasteiger partial charge in [0.15, 0.2) is 0 Å². The average Bonchev–Trinajstić information content (AvgIpc) is 2.88. The first-order chi connectivity index (χ1) is 16.9. The molecule has 1 N–H and O–H groups in total. The third-order valence-corrected chi connectivity index (χ3v) is 6.00. The lowest BCUT2D eigenvalue weighted by atomic mass is 9.82. The minimum Gasteiger partial charge on any atom is -0.497 e. The van der Waals surface area contributed by atoms with Gasteiger partial charge in [-0.15, -0.1) is 0 Å². The molecule has 0 aliphatic carbocycles. The van der Waals surface area contributed by atoms with Crippen molar-refractivity contribution in [1.29, 1.82) is 0 Å². The second-order valence-electron chi connectivity index (χ2n) is 7.93. The minimum absolute atomic E-state index is 0.0432. The number of ether oxygens (including phenoxy) is 2. The second kappa shape index (κ2) is 10.2. The van der Waals surface area contributed by atoms with Gasteiger partial charge in [-0.25, -0.2) is 0 Å². The zero-order chi connectivity index (χ0) is 24.9. The van der Waals surface area contributed by atoms with Gasteiger partial charge in [0.05, 0.1) is 31.1 Å². The van der Waals surface area contributed by atoms with Crippen molar-refractivity contribution in [3.63, 3.8) is 0 Å². The van der Waals surface area contributed by atoms with Crippen molar-refractivity contribution in [2.45, 2.75) is 18.9 Å². The third-order valence-electron chi connectivity index (χ3n) is 6.00. The van der Waals surface area contributed by atoms with Gasteiger partial charge in [-0.2, -0.15) is 0 Å². The first-order valence-electron chi connectivity index (χ1n) is 10.9. The zero-order valence-corrected chi connectivity index (χ0v) is 19.2. The topological polar surface area (TPSA) is 124 Å². The van der Waals surface area contributed by atoms with Gasteiger partial charge >= 0.3 is 5.69 Å². The number of methoxy groups -OCH3 is 2. The van der Waals surface area contributed by atoms with Crippen LogP contribution in [0.4, 0.5) is 17.1 Å². The number of anilines is 2. The summed E-state index contributed by atoms with van der Waals surface area (Å²) >= 11 is 0. The molecule has 1 saturated heterocycles. The van der Waals surface area contributed by atoms with Crippen LogP contribution in [-0.4, -0.2) is 35.9 Å². The molecule has 0 saturated carbocycles. The number of pyridine rings is 1. The van der Waals surface area contributed by atoms with Crippen molar-refractivity contribution in [3.05, 3.63) is 82.7 Å². The van der Waals surface area contributed by atoms with Crippen molar-refractivity contribution in [1.82, 2.24) is 4.98 Å². The highest BCUT2D eigenvalue weighted by molar-refractivity contribution is 6.01. The number of carbonyl (C=O) groups excluding carboxylic acids is 2. The molecule has 0 bridgehead atoms. The van der Waals surface area contributed by atoms with Gasteiger partial charge in [0.25, 0.3) is 0 Å². The fourth-order valence-corrected chi connectivity index (χ4v) is 4.34. The standard InChI is InChI=1S/C25H24N4O6/c1-34-17-9-7-16(8-10-17)28-23(30)12-11-19(24(28)18-5-3-4-6-22(18)35-2)25(31)27-20-13-14-26-15-21(20)29(32)33/h3-10,13-15,19,24H,11-12H2,1-2H3,(H,26,27,31). The molecule has 1 aromatic heterocycles. The molecule has 2 unspecified atom stereocenters. The van der Waals surface area contributed by atoms with Gasteiger partial charge in [0, 0.05) is 23.9 Å². The highest BCUT2D eigenvalue weighted by Crippen LogP contribution is 2.44. The van der Waals surface area contributed by atoms with E-state index in [0.29, 0.717) is 22.7 Å². The van der Waals surface area contributed by atoms with Crippen molar-refractivity contribution in [2.75, 3.05) is 24.4 Å². The number of hydrogen-bond donors (Lipinski definition) is 1. The van der Waals surface area contributed by atoms with Crippen LogP contribution in [0.25, 0.3) is 0 Å². The second-order valence-corrected chi connectivity index (χ2v) is 7.93. The maximum absolute atomic E-state index is 13.6. The van der Waals surface area contributed by atoms with E-state index >= 15 is 0 Å². The van der Waals surface area contributed by atoms with Gasteiger partial charge in [0.2, 0.25) is 11.8 Å². The molecular weight excluding hydrogens is 452 g/mol. The lowest BCUT2D eigenvalue weighted by Crippen LogP contribution is -2.47. The quantitative estimate of drug-likeness (QED) is 0.402. The fraction of sp³-hybridized carbons (Fsp3) is 0.240. The molecule has 3 aromatic rings. The molecule has 1 aliphatic heterocycles. The Labute approximate surface area is 201 Å². The first-order valence-corrected chi connectivity index (χ1v) is 10.9. The molecule has 0 spiro atoms. The number of benzene rings is 2. The Kier molecular flexibility index (Phi) is 6.91. The van der Waals surface area contributed by atoms with Crippen LogP contribution in [0.5, 0.6) is 11.5 Å². The lowest BCUT2D eigenvalue weighted by Gasteiger charge is -2.41. The summed E-state index contributed by atoms with van der Waals surface area (Å²) in [6, 6.07) is 14.9. The molecule has 2 aromatic carbocycles. The van der Waals surface area contributed by atoms with Crippen LogP contribution >= 0.6 is 0 Å². The van der Waals surface area contributed by atoms with Crippen molar-refractivity contribution in [3.8, 4) is 11.5 Å². The number of nitrogens with one attached hydrogen (secondary N) is 1. The van der Waals surface area contributed by atoms with Crippen LogP contribution in [0, 0.1) is 16.0 Å². The summed E-state index contributed by atoms with van der Waals surface area (Å²) < 4.78 is 10.8. The number of rotatable bonds is 7. The highest BCUT2D eigenvalue weighted by atomic mass is 16.6. The van der Waals surface area contributed by atoms with Crippen LogP contribution in [-0.2, 0) is 9.59 Å². The van der Waals surface area contributed by atoms with E-state index in [1.165, 1.54) is 19.4 Å². The van der Waals surface area contributed by atoms with E-state index in [9.17, 15) is 19.7 Å². The molecule has 1 fully saturated rings. The van der Waals surface area contributed by atoms with Crippen LogP contribution < -0.4 is 19.7 Å². The normalized spacial score (nSPS) is 17.5. The van der Waals surface area contributed by atoms with Crippen molar-refractivity contribution in [2.24, 2.45) is 5.92 Å². The van der Waals surface area contributed by atoms with E-state index in [1.54, 1.807) is 48.4 Å². The molecule has 1 aliphatic rings. The molecule has 2 amide bonds. The Bertz CT molecular complexity index is 1250. The summed E-state index contributed by atoms with van der Waals surface area (Å²) in [4.78, 5) is 43.0. The van der Waals surface area contributed by atoms with E-state index in [1.807, 2.05) is 12.1 Å². The van der Waals surface area contributed by atoms with Crippen LogP contribution in [0.2, 0.25) is 0 Å². The maximum atomic E-state index is 13.6. The number of hydrogen-bond acceptors (Lipinski definition) is 7. The number of amides is 2. The van der Waals surface area contributed by atoms with E-state index < -0.39 is 22.8 Å². The Morgan fingerprint density at radius 3 is 2.54 bits per heavy atom. The zero-order valence-electron chi connectivity index (χ0n) is 19.2. The Morgan fingerprint density at radius 1 is 1.11 bits per heavy atom. The molecular formula is C25H24N4O6. The van der Waals surface area contributed by atoms with Gasteiger partial charge in [-0.3, -0.25) is 24.7 Å². The molecule has 2 heterocycles. The Hall–Kier alpha value is -4.47. The third kappa shape index (κ3) is 4.77. The Balaban J connectivity index is 1.78. The first kappa shape index (κ1) is 23.7. The molecule has 10 heteroatoms. The molecule has 4 rings (SSSR count). The monoisotopic (exact) mass is 476 g/mol. The number of aromatic nitrogens is 1. The Morgan fingerprint density at radius 2 is 1.86 bits per heavy atom. The summed E-state index contributed by atoms with van der Waals surface area (Å²) in [5.41, 5.74) is 0.984. The molecule has 0 radical (unpaired) electrons. The SMILES string of the molecule is COc1ccc(N2C(=O)CCC(C(=O)Nc3ccncc3[N+](=O)[O-])C2c2ccccc2OC)cc1. The molecule has 10 nitrogen and oxygen atoms in total. The number of piperidine rings is 1. The van der Waals surface area contributed by atoms with Crippen LogP contribution in [0.1, 0.15) is 24.4 Å². The fourth-order valence-electron chi connectivity index (χ4n) is 4.34. The summed E-state index contributed by atoms with van der Waals surface area (Å²) in [7, 11) is 3.08. The van der Waals surface area contributed by atoms with E-state index in [0.717, 1.165) is 6.20 Å². The minimum atomic E-state index is -0.709. The van der Waals surface area contributed by atoms with Crippen molar-refractivity contribution < 1.29 is 24.0 Å². The van der Waals surface area contributed by atoms with Crippen LogP contribution in [0.15, 0.2) is 67.0 Å².